The van der Waals surface area contributed by atoms with Crippen LogP contribution in [0.1, 0.15) is 12.0 Å². The van der Waals surface area contributed by atoms with Crippen molar-refractivity contribution in [3.63, 3.8) is 0 Å². The van der Waals surface area contributed by atoms with E-state index in [1.807, 2.05) is 6.07 Å². The number of methoxy groups -OCH3 is 1. The third-order valence-electron chi connectivity index (χ3n) is 5.04. The maximum absolute atomic E-state index is 12.9. The molecule has 1 saturated heterocycles. The second-order valence-corrected chi connectivity index (χ2v) is 8.29. The number of sulfonamides is 1. The van der Waals surface area contributed by atoms with Gasteiger partial charge in [-0.05, 0) is 42.3 Å². The van der Waals surface area contributed by atoms with Crippen LogP contribution in [0.3, 0.4) is 0 Å². The Morgan fingerprint density at radius 1 is 1.16 bits per heavy atom. The molecule has 0 aromatic heterocycles. The largest absolute Gasteiger partial charge is 0.497 e. The SMILES string of the molecule is COc1ccc2c(c1)C1(CCN(S(=O)(=O)c3ccccc3)C1)C(=O)N2. The molecule has 1 N–H and O–H groups in total. The molecule has 130 valence electrons. The zero-order valence-electron chi connectivity index (χ0n) is 13.7. The van der Waals surface area contributed by atoms with E-state index in [9.17, 15) is 13.2 Å². The first-order valence-corrected chi connectivity index (χ1v) is 9.46. The van der Waals surface area contributed by atoms with Crippen LogP contribution in [0, 0.1) is 0 Å². The molecule has 0 bridgehead atoms. The Bertz CT molecular complexity index is 943. The summed E-state index contributed by atoms with van der Waals surface area (Å²) in [6.07, 6.45) is 0.449. The summed E-state index contributed by atoms with van der Waals surface area (Å²) in [7, 11) is -2.05. The van der Waals surface area contributed by atoms with E-state index >= 15 is 0 Å². The number of nitrogens with zero attached hydrogens (tertiary/aromatic N) is 1. The number of ether oxygens (including phenoxy) is 1. The lowest BCUT2D eigenvalue weighted by atomic mass is 9.81. The van der Waals surface area contributed by atoms with Crippen LogP contribution in [0.5, 0.6) is 5.75 Å². The highest BCUT2D eigenvalue weighted by molar-refractivity contribution is 7.89. The van der Waals surface area contributed by atoms with Gasteiger partial charge in [-0.1, -0.05) is 18.2 Å². The Balaban J connectivity index is 1.72. The fraction of sp³-hybridized carbons (Fsp3) is 0.278. The molecule has 1 amide bonds. The normalized spacial score (nSPS) is 22.8. The molecule has 2 aliphatic heterocycles. The van der Waals surface area contributed by atoms with Gasteiger partial charge in [0.05, 0.1) is 17.4 Å². The molecule has 25 heavy (non-hydrogen) atoms. The lowest BCUT2D eigenvalue weighted by Gasteiger charge is -2.22. The van der Waals surface area contributed by atoms with Crippen molar-refractivity contribution in [1.82, 2.24) is 4.31 Å². The van der Waals surface area contributed by atoms with Crippen molar-refractivity contribution in [1.29, 1.82) is 0 Å². The second kappa shape index (κ2) is 5.57. The lowest BCUT2D eigenvalue weighted by molar-refractivity contribution is -0.120. The minimum Gasteiger partial charge on any atom is -0.497 e. The van der Waals surface area contributed by atoms with E-state index in [-0.39, 0.29) is 17.3 Å². The maximum atomic E-state index is 12.9. The molecule has 2 aromatic rings. The predicted molar refractivity (Wildman–Crippen MR) is 93.1 cm³/mol. The van der Waals surface area contributed by atoms with Crippen LogP contribution in [0.15, 0.2) is 53.4 Å². The summed E-state index contributed by atoms with van der Waals surface area (Å²) in [6.45, 7) is 0.442. The first kappa shape index (κ1) is 16.1. The van der Waals surface area contributed by atoms with E-state index in [4.69, 9.17) is 4.74 Å². The van der Waals surface area contributed by atoms with E-state index < -0.39 is 15.4 Å². The van der Waals surface area contributed by atoms with E-state index in [1.165, 1.54) is 4.31 Å². The Morgan fingerprint density at radius 2 is 1.92 bits per heavy atom. The maximum Gasteiger partial charge on any atom is 0.243 e. The molecular formula is C18H18N2O4S. The summed E-state index contributed by atoms with van der Waals surface area (Å²) in [6, 6.07) is 13.7. The number of benzene rings is 2. The minimum absolute atomic E-state index is 0.135. The van der Waals surface area contributed by atoms with Gasteiger partial charge in [-0.25, -0.2) is 8.42 Å². The zero-order chi connectivity index (χ0) is 17.7. The van der Waals surface area contributed by atoms with Crippen LogP contribution in [0.25, 0.3) is 0 Å². The molecule has 4 rings (SSSR count). The van der Waals surface area contributed by atoms with Gasteiger partial charge >= 0.3 is 0 Å². The smallest absolute Gasteiger partial charge is 0.243 e. The molecule has 2 heterocycles. The van der Waals surface area contributed by atoms with Gasteiger partial charge in [0.25, 0.3) is 0 Å². The van der Waals surface area contributed by atoms with E-state index in [2.05, 4.69) is 5.32 Å². The van der Waals surface area contributed by atoms with Crippen molar-refractivity contribution in [3.8, 4) is 5.75 Å². The molecule has 1 spiro atoms. The molecule has 1 atom stereocenters. The van der Waals surface area contributed by atoms with Crippen molar-refractivity contribution in [2.75, 3.05) is 25.5 Å². The Labute approximate surface area is 146 Å². The van der Waals surface area contributed by atoms with Crippen LogP contribution in [-0.4, -0.2) is 38.8 Å². The number of nitrogens with one attached hydrogen (secondary N) is 1. The van der Waals surface area contributed by atoms with E-state index in [1.54, 1.807) is 49.6 Å². The Morgan fingerprint density at radius 3 is 2.64 bits per heavy atom. The number of hydrogen-bond acceptors (Lipinski definition) is 4. The Hall–Kier alpha value is -2.38. The molecule has 0 aliphatic carbocycles. The van der Waals surface area contributed by atoms with Crippen LogP contribution in [0.4, 0.5) is 5.69 Å². The zero-order valence-corrected chi connectivity index (χ0v) is 14.5. The highest BCUT2D eigenvalue weighted by Crippen LogP contribution is 2.46. The second-order valence-electron chi connectivity index (χ2n) is 6.35. The average Bonchev–Trinajstić information content (AvgIpc) is 3.20. The van der Waals surface area contributed by atoms with Gasteiger partial charge in [-0.3, -0.25) is 4.79 Å². The van der Waals surface area contributed by atoms with E-state index in [0.717, 1.165) is 11.3 Å². The number of fused-ring (bicyclic) bond motifs is 2. The molecule has 0 radical (unpaired) electrons. The van der Waals surface area contributed by atoms with Crippen LogP contribution >= 0.6 is 0 Å². The fourth-order valence-corrected chi connectivity index (χ4v) is 5.17. The number of amides is 1. The van der Waals surface area contributed by atoms with Crippen LogP contribution in [0.2, 0.25) is 0 Å². The summed E-state index contributed by atoms with van der Waals surface area (Å²) >= 11 is 0. The number of carbonyl (C=O) groups is 1. The first-order valence-electron chi connectivity index (χ1n) is 8.02. The van der Waals surface area contributed by atoms with E-state index in [0.29, 0.717) is 18.7 Å². The summed E-state index contributed by atoms with van der Waals surface area (Å²) in [4.78, 5) is 12.9. The van der Waals surface area contributed by atoms with Crippen molar-refractivity contribution < 1.29 is 17.9 Å². The molecule has 1 unspecified atom stereocenters. The molecule has 2 aromatic carbocycles. The highest BCUT2D eigenvalue weighted by Gasteiger charge is 2.53. The quantitative estimate of drug-likeness (QED) is 0.910. The number of hydrogen-bond donors (Lipinski definition) is 1. The van der Waals surface area contributed by atoms with Gasteiger partial charge in [0.1, 0.15) is 5.75 Å². The summed E-state index contributed by atoms with van der Waals surface area (Å²) in [5, 5.41) is 2.88. The molecule has 6 nitrogen and oxygen atoms in total. The molecule has 0 saturated carbocycles. The molecule has 2 aliphatic rings. The summed E-state index contributed by atoms with van der Waals surface area (Å²) in [5.74, 6) is 0.500. The lowest BCUT2D eigenvalue weighted by Crippen LogP contribution is -2.39. The van der Waals surface area contributed by atoms with Gasteiger partial charge in [0.15, 0.2) is 0 Å². The predicted octanol–water partition coefficient (Wildman–Crippen LogP) is 1.98. The van der Waals surface area contributed by atoms with Gasteiger partial charge in [0.2, 0.25) is 15.9 Å². The minimum atomic E-state index is -3.62. The molecule has 7 heteroatoms. The van der Waals surface area contributed by atoms with Crippen molar-refractivity contribution in [3.05, 3.63) is 54.1 Å². The number of anilines is 1. The number of carbonyl (C=O) groups excluding carboxylic acids is 1. The Kier molecular flexibility index (Phi) is 3.59. The van der Waals surface area contributed by atoms with Crippen molar-refractivity contribution in [2.45, 2.75) is 16.7 Å². The summed E-state index contributed by atoms with van der Waals surface area (Å²) in [5.41, 5.74) is 0.679. The summed E-state index contributed by atoms with van der Waals surface area (Å²) < 4.78 is 32.4. The fourth-order valence-electron chi connectivity index (χ4n) is 3.65. The van der Waals surface area contributed by atoms with Gasteiger partial charge in [-0.15, -0.1) is 0 Å². The highest BCUT2D eigenvalue weighted by atomic mass is 32.2. The molecule has 1 fully saturated rings. The van der Waals surface area contributed by atoms with Gasteiger partial charge in [0, 0.05) is 18.8 Å². The van der Waals surface area contributed by atoms with Gasteiger partial charge in [-0.2, -0.15) is 4.31 Å². The molecular weight excluding hydrogens is 340 g/mol. The van der Waals surface area contributed by atoms with Gasteiger partial charge < -0.3 is 10.1 Å². The monoisotopic (exact) mass is 358 g/mol. The first-order chi connectivity index (χ1) is 12.0. The van der Waals surface area contributed by atoms with Crippen LogP contribution < -0.4 is 10.1 Å². The number of rotatable bonds is 3. The third kappa shape index (κ3) is 2.34. The topological polar surface area (TPSA) is 75.7 Å². The van der Waals surface area contributed by atoms with Crippen molar-refractivity contribution in [2.24, 2.45) is 0 Å². The standard InChI is InChI=1S/C18H18N2O4S/c1-24-13-7-8-16-15(11-13)18(17(21)19-16)9-10-20(12-18)25(22,23)14-5-3-2-4-6-14/h2-8,11H,9-10,12H2,1H3,(H,19,21). The average molecular weight is 358 g/mol. The third-order valence-corrected chi connectivity index (χ3v) is 6.90. The van der Waals surface area contributed by atoms with Crippen molar-refractivity contribution >= 4 is 21.6 Å². The van der Waals surface area contributed by atoms with Crippen LogP contribution in [-0.2, 0) is 20.2 Å².